The zero-order chi connectivity index (χ0) is 13.2. The van der Waals surface area contributed by atoms with Crippen molar-refractivity contribution in [2.45, 2.75) is 17.5 Å². The number of halogens is 1. The fraction of sp³-hybridized carbons (Fsp3) is 0.300. The first-order chi connectivity index (χ1) is 8.54. The molecule has 0 bridgehead atoms. The van der Waals surface area contributed by atoms with E-state index in [1.54, 1.807) is 17.0 Å². The third-order valence-corrected chi connectivity index (χ3v) is 4.88. The maximum Gasteiger partial charge on any atom is 0.276 e. The molecule has 5 nitrogen and oxygen atoms in total. The maximum atomic E-state index is 12.2. The highest BCUT2D eigenvalue weighted by Gasteiger charge is 2.25. The summed E-state index contributed by atoms with van der Waals surface area (Å²) in [7, 11) is -2.15. The Bertz CT molecular complexity index is 607. The number of sulfonamides is 1. The van der Waals surface area contributed by atoms with Gasteiger partial charge in [-0.2, -0.15) is 4.31 Å². The van der Waals surface area contributed by atoms with Gasteiger partial charge < -0.3 is 4.42 Å². The van der Waals surface area contributed by atoms with Crippen LogP contribution in [-0.4, -0.2) is 24.8 Å². The van der Waals surface area contributed by atoms with Crippen LogP contribution in [0.5, 0.6) is 0 Å². The van der Waals surface area contributed by atoms with Crippen LogP contribution >= 0.6 is 22.9 Å². The van der Waals surface area contributed by atoms with Crippen molar-refractivity contribution in [1.82, 2.24) is 9.29 Å². The highest BCUT2D eigenvalue weighted by Crippen LogP contribution is 2.20. The number of alkyl halides is 1. The first kappa shape index (κ1) is 13.5. The van der Waals surface area contributed by atoms with E-state index in [4.69, 9.17) is 16.0 Å². The van der Waals surface area contributed by atoms with Gasteiger partial charge in [0.05, 0.1) is 23.6 Å². The number of hydrogen-bond donors (Lipinski definition) is 0. The molecule has 0 amide bonds. The molecule has 8 heteroatoms. The van der Waals surface area contributed by atoms with E-state index in [-0.39, 0.29) is 17.5 Å². The van der Waals surface area contributed by atoms with Crippen molar-refractivity contribution >= 4 is 33.0 Å². The highest BCUT2D eigenvalue weighted by atomic mass is 35.5. The molecule has 0 aliphatic rings. The van der Waals surface area contributed by atoms with E-state index in [1.165, 1.54) is 28.8 Å². The maximum absolute atomic E-state index is 12.2. The minimum atomic E-state index is -3.63. The summed E-state index contributed by atoms with van der Waals surface area (Å²) in [4.78, 5) is 4.05. The Morgan fingerprint density at radius 2 is 2.28 bits per heavy atom. The number of thiazole rings is 1. The average Bonchev–Trinajstić information content (AvgIpc) is 2.99. The van der Waals surface area contributed by atoms with Gasteiger partial charge in [-0.1, -0.05) is 0 Å². The standard InChI is InChI=1S/C10H11ClN2O3S2/c1-13(5-8-6-17-7-12-8)18(14,15)10-3-2-9(4-11)16-10/h2-3,6-7H,4-5H2,1H3. The number of nitrogens with zero attached hydrogens (tertiary/aromatic N) is 2. The van der Waals surface area contributed by atoms with E-state index in [0.717, 1.165) is 0 Å². The molecule has 2 aromatic rings. The smallest absolute Gasteiger partial charge is 0.276 e. The molecule has 0 unspecified atom stereocenters. The van der Waals surface area contributed by atoms with Crippen LogP contribution in [0.4, 0.5) is 0 Å². The van der Waals surface area contributed by atoms with Crippen LogP contribution in [0.15, 0.2) is 32.5 Å². The minimum Gasteiger partial charge on any atom is -0.447 e. The van der Waals surface area contributed by atoms with Crippen LogP contribution in [0.1, 0.15) is 11.5 Å². The van der Waals surface area contributed by atoms with Gasteiger partial charge in [0.25, 0.3) is 10.0 Å². The van der Waals surface area contributed by atoms with Crippen LogP contribution in [0.2, 0.25) is 0 Å². The average molecular weight is 307 g/mol. The molecule has 0 spiro atoms. The van der Waals surface area contributed by atoms with Gasteiger partial charge in [0.2, 0.25) is 5.09 Å². The van der Waals surface area contributed by atoms with Gasteiger partial charge in [0.1, 0.15) is 5.76 Å². The summed E-state index contributed by atoms with van der Waals surface area (Å²) in [6.07, 6.45) is 0. The first-order valence-electron chi connectivity index (χ1n) is 5.02. The SMILES string of the molecule is CN(Cc1cscn1)S(=O)(=O)c1ccc(CCl)o1. The zero-order valence-corrected chi connectivity index (χ0v) is 11.9. The van der Waals surface area contributed by atoms with Crippen LogP contribution in [0, 0.1) is 0 Å². The van der Waals surface area contributed by atoms with Gasteiger partial charge in [-0.25, -0.2) is 13.4 Å². The Kier molecular flexibility index (Phi) is 4.06. The van der Waals surface area contributed by atoms with Gasteiger partial charge in [0, 0.05) is 12.4 Å². The molecule has 0 atom stereocenters. The highest BCUT2D eigenvalue weighted by molar-refractivity contribution is 7.88. The molecular formula is C10H11ClN2O3S2. The predicted molar refractivity (Wildman–Crippen MR) is 69.0 cm³/mol. The van der Waals surface area contributed by atoms with Gasteiger partial charge >= 0.3 is 0 Å². The molecule has 0 aliphatic carbocycles. The van der Waals surface area contributed by atoms with E-state index in [2.05, 4.69) is 4.98 Å². The van der Waals surface area contributed by atoms with Crippen LogP contribution in [0.3, 0.4) is 0 Å². The quantitative estimate of drug-likeness (QED) is 0.795. The number of rotatable bonds is 5. The van der Waals surface area contributed by atoms with E-state index in [1.807, 2.05) is 0 Å². The summed E-state index contributed by atoms with van der Waals surface area (Å²) in [6, 6.07) is 2.96. The summed E-state index contributed by atoms with van der Waals surface area (Å²) < 4.78 is 30.7. The van der Waals surface area contributed by atoms with E-state index in [0.29, 0.717) is 11.5 Å². The second kappa shape index (κ2) is 5.40. The number of hydrogen-bond acceptors (Lipinski definition) is 5. The molecular weight excluding hydrogens is 296 g/mol. The molecule has 2 heterocycles. The fourth-order valence-corrected chi connectivity index (χ4v) is 3.11. The topological polar surface area (TPSA) is 63.4 Å². The number of furan rings is 1. The number of aromatic nitrogens is 1. The fourth-order valence-electron chi connectivity index (χ4n) is 1.35. The van der Waals surface area contributed by atoms with Crippen molar-refractivity contribution in [3.63, 3.8) is 0 Å². The van der Waals surface area contributed by atoms with Crippen LogP contribution in [0.25, 0.3) is 0 Å². The Morgan fingerprint density at radius 3 is 2.83 bits per heavy atom. The van der Waals surface area contributed by atoms with E-state index < -0.39 is 10.0 Å². The van der Waals surface area contributed by atoms with Crippen molar-refractivity contribution in [2.75, 3.05) is 7.05 Å². The Balaban J connectivity index is 2.19. The molecule has 2 rings (SSSR count). The predicted octanol–water partition coefficient (Wildman–Crippen LogP) is 2.30. The lowest BCUT2D eigenvalue weighted by Gasteiger charge is -2.13. The molecule has 98 valence electrons. The molecule has 0 N–H and O–H groups in total. The third kappa shape index (κ3) is 2.74. The summed E-state index contributed by atoms with van der Waals surface area (Å²) in [5.74, 6) is 0.572. The summed E-state index contributed by atoms with van der Waals surface area (Å²) in [5.41, 5.74) is 2.36. The van der Waals surface area contributed by atoms with Crippen molar-refractivity contribution in [3.8, 4) is 0 Å². The molecule has 2 aromatic heterocycles. The van der Waals surface area contributed by atoms with Gasteiger partial charge in [-0.3, -0.25) is 0 Å². The third-order valence-electron chi connectivity index (χ3n) is 2.30. The van der Waals surface area contributed by atoms with Crippen LogP contribution in [-0.2, 0) is 22.4 Å². The Labute approximate surface area is 114 Å². The van der Waals surface area contributed by atoms with Crippen LogP contribution < -0.4 is 0 Å². The molecule has 0 aliphatic heterocycles. The van der Waals surface area contributed by atoms with E-state index in [9.17, 15) is 8.42 Å². The normalized spacial score (nSPS) is 12.2. The first-order valence-corrected chi connectivity index (χ1v) is 7.94. The van der Waals surface area contributed by atoms with Gasteiger partial charge in [-0.05, 0) is 12.1 Å². The van der Waals surface area contributed by atoms with Crippen molar-refractivity contribution in [1.29, 1.82) is 0 Å². The van der Waals surface area contributed by atoms with Crippen molar-refractivity contribution < 1.29 is 12.8 Å². The molecule has 0 saturated carbocycles. The molecule has 0 radical (unpaired) electrons. The zero-order valence-electron chi connectivity index (χ0n) is 9.54. The molecule has 18 heavy (non-hydrogen) atoms. The summed E-state index contributed by atoms with van der Waals surface area (Å²) in [5, 5.41) is 1.70. The molecule has 0 aromatic carbocycles. The lowest BCUT2D eigenvalue weighted by Crippen LogP contribution is -2.26. The van der Waals surface area contributed by atoms with Gasteiger partial charge in [-0.15, -0.1) is 22.9 Å². The van der Waals surface area contributed by atoms with Gasteiger partial charge in [0.15, 0.2) is 0 Å². The summed E-state index contributed by atoms with van der Waals surface area (Å²) in [6.45, 7) is 0.211. The van der Waals surface area contributed by atoms with E-state index >= 15 is 0 Å². The minimum absolute atomic E-state index is 0.101. The second-order valence-electron chi connectivity index (χ2n) is 3.60. The lowest BCUT2D eigenvalue weighted by atomic mass is 10.5. The Hall–Kier alpha value is -0.890. The monoisotopic (exact) mass is 306 g/mol. The Morgan fingerprint density at radius 1 is 1.50 bits per heavy atom. The summed E-state index contributed by atoms with van der Waals surface area (Å²) >= 11 is 7.00. The molecule has 0 fully saturated rings. The van der Waals surface area contributed by atoms with Crippen molar-refractivity contribution in [2.24, 2.45) is 0 Å². The van der Waals surface area contributed by atoms with Crippen molar-refractivity contribution in [3.05, 3.63) is 34.5 Å². The largest absolute Gasteiger partial charge is 0.447 e. The second-order valence-corrected chi connectivity index (χ2v) is 6.56. The molecule has 0 saturated heterocycles. The lowest BCUT2D eigenvalue weighted by molar-refractivity contribution is 0.392.